The van der Waals surface area contributed by atoms with Crippen LogP contribution in [0.25, 0.3) is 0 Å². The summed E-state index contributed by atoms with van der Waals surface area (Å²) in [7, 11) is 0. The fraction of sp³-hybridized carbons (Fsp3) is 0.571. The summed E-state index contributed by atoms with van der Waals surface area (Å²) in [4.78, 5) is 2.54. The third-order valence-corrected chi connectivity index (χ3v) is 5.97. The van der Waals surface area contributed by atoms with Gasteiger partial charge in [-0.05, 0) is 31.7 Å². The summed E-state index contributed by atoms with van der Waals surface area (Å²) in [6.45, 7) is 6.30. The fourth-order valence-electron chi connectivity index (χ4n) is 4.49. The molecule has 1 aromatic heterocycles. The Bertz CT molecular complexity index is 770. The Morgan fingerprint density at radius 3 is 2.92 bits per heavy atom. The van der Waals surface area contributed by atoms with Crippen molar-refractivity contribution in [2.75, 3.05) is 26.4 Å². The molecule has 3 heterocycles. The minimum absolute atomic E-state index is 0.367. The molecule has 5 nitrogen and oxygen atoms in total. The Morgan fingerprint density at radius 1 is 1.23 bits per heavy atom. The monoisotopic (exact) mass is 354 g/mol. The van der Waals surface area contributed by atoms with Gasteiger partial charge in [-0.25, -0.2) is 0 Å². The molecule has 5 rings (SSSR count). The molecule has 5 heteroatoms. The van der Waals surface area contributed by atoms with Gasteiger partial charge < -0.3 is 14.0 Å². The molecular weight excluding hydrogens is 328 g/mol. The highest BCUT2D eigenvalue weighted by Crippen LogP contribution is 2.47. The van der Waals surface area contributed by atoms with Crippen LogP contribution >= 0.6 is 0 Å². The molecule has 0 amide bonds. The van der Waals surface area contributed by atoms with E-state index in [2.05, 4.69) is 34.3 Å². The molecular formula is C21H26N2O3. The van der Waals surface area contributed by atoms with Gasteiger partial charge in [0.25, 0.3) is 0 Å². The molecule has 3 atom stereocenters. The molecule has 0 bridgehead atoms. The zero-order valence-corrected chi connectivity index (χ0v) is 15.3. The van der Waals surface area contributed by atoms with Crippen LogP contribution in [0.4, 0.5) is 0 Å². The van der Waals surface area contributed by atoms with Crippen LogP contribution in [-0.2, 0) is 11.3 Å². The van der Waals surface area contributed by atoms with Gasteiger partial charge in [0.15, 0.2) is 0 Å². The van der Waals surface area contributed by atoms with E-state index in [9.17, 15) is 0 Å². The van der Waals surface area contributed by atoms with Crippen molar-refractivity contribution in [3.63, 3.8) is 0 Å². The summed E-state index contributed by atoms with van der Waals surface area (Å²) in [5.74, 6) is 3.67. The second kappa shape index (κ2) is 6.71. The zero-order chi connectivity index (χ0) is 17.5. The van der Waals surface area contributed by atoms with E-state index in [4.69, 9.17) is 14.0 Å². The van der Waals surface area contributed by atoms with Crippen molar-refractivity contribution in [2.24, 2.45) is 17.8 Å². The summed E-state index contributed by atoms with van der Waals surface area (Å²) in [5, 5.41) is 4.21. The predicted molar refractivity (Wildman–Crippen MR) is 96.9 cm³/mol. The van der Waals surface area contributed by atoms with Crippen molar-refractivity contribution in [1.82, 2.24) is 10.1 Å². The Balaban J connectivity index is 1.37. The lowest BCUT2D eigenvalue weighted by Crippen LogP contribution is -2.32. The van der Waals surface area contributed by atoms with E-state index in [0.717, 1.165) is 56.0 Å². The largest absolute Gasteiger partial charge is 0.493 e. The lowest BCUT2D eigenvalue weighted by molar-refractivity contribution is 0.0641. The molecule has 1 saturated carbocycles. The minimum atomic E-state index is 0.367. The SMILES string of the molecule is Cc1cc(CN2C[C@@H](COCC3CC3)[C@@H]3COc4ccccc4[C@@H]32)no1. The van der Waals surface area contributed by atoms with Gasteiger partial charge in [0.2, 0.25) is 0 Å². The van der Waals surface area contributed by atoms with Crippen molar-refractivity contribution in [1.29, 1.82) is 0 Å². The first-order valence-corrected chi connectivity index (χ1v) is 9.73. The van der Waals surface area contributed by atoms with Crippen molar-refractivity contribution >= 4 is 0 Å². The van der Waals surface area contributed by atoms with Crippen molar-refractivity contribution < 1.29 is 14.0 Å². The topological polar surface area (TPSA) is 47.7 Å². The van der Waals surface area contributed by atoms with Crippen LogP contribution < -0.4 is 4.74 Å². The number of hydrogen-bond donors (Lipinski definition) is 0. The van der Waals surface area contributed by atoms with Crippen LogP contribution in [0.2, 0.25) is 0 Å². The molecule has 0 unspecified atom stereocenters. The van der Waals surface area contributed by atoms with E-state index in [0.29, 0.717) is 17.9 Å². The van der Waals surface area contributed by atoms with E-state index < -0.39 is 0 Å². The van der Waals surface area contributed by atoms with Gasteiger partial charge in [-0.1, -0.05) is 23.4 Å². The number of likely N-dealkylation sites (tertiary alicyclic amines) is 1. The number of benzene rings is 1. The van der Waals surface area contributed by atoms with E-state index in [1.165, 1.54) is 18.4 Å². The average molecular weight is 354 g/mol. The van der Waals surface area contributed by atoms with Crippen molar-refractivity contribution in [3.05, 3.63) is 47.3 Å². The van der Waals surface area contributed by atoms with Crippen LogP contribution in [-0.4, -0.2) is 36.4 Å². The van der Waals surface area contributed by atoms with Crippen LogP contribution in [0, 0.1) is 24.7 Å². The van der Waals surface area contributed by atoms with E-state index in [-0.39, 0.29) is 0 Å². The van der Waals surface area contributed by atoms with E-state index >= 15 is 0 Å². The number of rotatable bonds is 6. The molecule has 1 saturated heterocycles. The normalized spacial score (nSPS) is 27.8. The number of aryl methyl sites for hydroxylation is 1. The molecule has 2 fully saturated rings. The molecule has 1 aromatic carbocycles. The second-order valence-electron chi connectivity index (χ2n) is 8.06. The van der Waals surface area contributed by atoms with E-state index in [1.54, 1.807) is 0 Å². The first-order chi connectivity index (χ1) is 12.8. The van der Waals surface area contributed by atoms with Gasteiger partial charge in [0.05, 0.1) is 18.9 Å². The number of nitrogens with zero attached hydrogens (tertiary/aromatic N) is 2. The third kappa shape index (κ3) is 3.14. The van der Waals surface area contributed by atoms with Crippen molar-refractivity contribution in [3.8, 4) is 5.75 Å². The average Bonchev–Trinajstić information content (AvgIpc) is 3.29. The Kier molecular flexibility index (Phi) is 4.21. The van der Waals surface area contributed by atoms with Crippen LogP contribution in [0.5, 0.6) is 5.75 Å². The first-order valence-electron chi connectivity index (χ1n) is 9.73. The molecule has 138 valence electrons. The van der Waals surface area contributed by atoms with Crippen LogP contribution in [0.3, 0.4) is 0 Å². The number of para-hydroxylation sites is 1. The minimum Gasteiger partial charge on any atom is -0.493 e. The highest BCUT2D eigenvalue weighted by molar-refractivity contribution is 5.39. The maximum atomic E-state index is 6.09. The van der Waals surface area contributed by atoms with Gasteiger partial charge in [0, 0.05) is 49.2 Å². The van der Waals surface area contributed by atoms with Gasteiger partial charge in [0.1, 0.15) is 11.5 Å². The molecule has 3 aliphatic rings. The highest BCUT2D eigenvalue weighted by Gasteiger charge is 2.46. The second-order valence-corrected chi connectivity index (χ2v) is 8.06. The third-order valence-electron chi connectivity index (χ3n) is 5.97. The summed E-state index contributed by atoms with van der Waals surface area (Å²) in [5.41, 5.74) is 2.30. The Morgan fingerprint density at radius 2 is 2.12 bits per heavy atom. The first kappa shape index (κ1) is 16.3. The molecule has 2 aliphatic heterocycles. The maximum absolute atomic E-state index is 6.09. The fourth-order valence-corrected chi connectivity index (χ4v) is 4.49. The molecule has 0 spiro atoms. The summed E-state index contributed by atoms with van der Waals surface area (Å²) in [6, 6.07) is 10.9. The molecule has 26 heavy (non-hydrogen) atoms. The standard InChI is InChI=1S/C21H26N2O3/c1-14-8-17(22-26-14)10-23-9-16(12-24-11-15-6-7-15)19-13-25-20-5-3-2-4-18(20)21(19)23/h2-5,8,15-16,19,21H,6-7,9-13H2,1H3/t16-,19-,21-/m0/s1. The summed E-state index contributed by atoms with van der Waals surface area (Å²) >= 11 is 0. The molecule has 0 N–H and O–H groups in total. The Hall–Kier alpha value is -1.85. The van der Waals surface area contributed by atoms with E-state index in [1.807, 2.05) is 13.0 Å². The highest BCUT2D eigenvalue weighted by atomic mass is 16.5. The predicted octanol–water partition coefficient (Wildman–Crippen LogP) is 3.59. The molecule has 1 aliphatic carbocycles. The van der Waals surface area contributed by atoms with Gasteiger partial charge in [-0.15, -0.1) is 0 Å². The zero-order valence-electron chi connectivity index (χ0n) is 15.3. The molecule has 2 aromatic rings. The lowest BCUT2D eigenvalue weighted by atomic mass is 9.85. The van der Waals surface area contributed by atoms with Crippen molar-refractivity contribution in [2.45, 2.75) is 32.4 Å². The Labute approximate surface area is 154 Å². The molecule has 0 radical (unpaired) electrons. The maximum Gasteiger partial charge on any atom is 0.133 e. The van der Waals surface area contributed by atoms with Crippen LogP contribution in [0.1, 0.15) is 35.9 Å². The number of ether oxygens (including phenoxy) is 2. The summed E-state index contributed by atoms with van der Waals surface area (Å²) < 4.78 is 17.4. The van der Waals surface area contributed by atoms with Gasteiger partial charge >= 0.3 is 0 Å². The smallest absolute Gasteiger partial charge is 0.133 e. The summed E-state index contributed by atoms with van der Waals surface area (Å²) in [6.07, 6.45) is 2.68. The van der Waals surface area contributed by atoms with Gasteiger partial charge in [-0.2, -0.15) is 0 Å². The van der Waals surface area contributed by atoms with Gasteiger partial charge in [-0.3, -0.25) is 4.90 Å². The van der Waals surface area contributed by atoms with Crippen LogP contribution in [0.15, 0.2) is 34.9 Å². The number of hydrogen-bond acceptors (Lipinski definition) is 5. The lowest BCUT2D eigenvalue weighted by Gasteiger charge is -2.34. The quantitative estimate of drug-likeness (QED) is 0.793. The number of fused-ring (bicyclic) bond motifs is 3. The number of aromatic nitrogens is 1.